The quantitative estimate of drug-likeness (QED) is 0.901. The highest BCUT2D eigenvalue weighted by Gasteiger charge is 2.22. The van der Waals surface area contributed by atoms with Crippen molar-refractivity contribution in [1.82, 2.24) is 14.3 Å². The maximum absolute atomic E-state index is 4.50. The molecular weight excluding hydrogens is 232 g/mol. The van der Waals surface area contributed by atoms with Gasteiger partial charge in [-0.15, -0.1) is 0 Å². The van der Waals surface area contributed by atoms with E-state index >= 15 is 0 Å². The third-order valence-corrected chi connectivity index (χ3v) is 3.46. The Morgan fingerprint density at radius 1 is 1.47 bits per heavy atom. The van der Waals surface area contributed by atoms with Gasteiger partial charge in [-0.1, -0.05) is 13.0 Å². The van der Waals surface area contributed by atoms with Crippen LogP contribution in [-0.4, -0.2) is 20.4 Å². The van der Waals surface area contributed by atoms with Crippen LogP contribution >= 0.6 is 11.5 Å². The van der Waals surface area contributed by atoms with Crippen molar-refractivity contribution >= 4 is 16.7 Å². The van der Waals surface area contributed by atoms with Crippen LogP contribution in [0.1, 0.15) is 25.3 Å². The van der Waals surface area contributed by atoms with Crippen LogP contribution in [-0.2, 0) is 6.42 Å². The van der Waals surface area contributed by atoms with Gasteiger partial charge >= 0.3 is 0 Å². The number of pyridine rings is 1. The van der Waals surface area contributed by atoms with Crippen molar-refractivity contribution < 1.29 is 0 Å². The van der Waals surface area contributed by atoms with E-state index in [-0.39, 0.29) is 0 Å². The number of nitrogens with zero attached hydrogens (tertiary/aromatic N) is 3. The van der Waals surface area contributed by atoms with E-state index in [9.17, 15) is 0 Å². The Hall–Kier alpha value is -1.49. The number of nitrogens with one attached hydrogen (secondary N) is 1. The second-order valence-corrected chi connectivity index (χ2v) is 4.96. The van der Waals surface area contributed by atoms with Crippen LogP contribution in [0, 0.1) is 0 Å². The molecule has 1 aliphatic carbocycles. The second kappa shape index (κ2) is 4.41. The van der Waals surface area contributed by atoms with Gasteiger partial charge in [-0.3, -0.25) is 4.98 Å². The molecule has 1 fully saturated rings. The molecule has 1 N–H and O–H groups in total. The summed E-state index contributed by atoms with van der Waals surface area (Å²) in [5, 5.41) is 4.27. The lowest BCUT2D eigenvalue weighted by Crippen LogP contribution is -2.00. The molecule has 0 radical (unpaired) electrons. The van der Waals surface area contributed by atoms with Gasteiger partial charge in [0.05, 0.1) is 0 Å². The number of anilines is 1. The zero-order chi connectivity index (χ0) is 11.7. The van der Waals surface area contributed by atoms with E-state index in [0.29, 0.717) is 6.04 Å². The van der Waals surface area contributed by atoms with Gasteiger partial charge in [0.15, 0.2) is 5.82 Å². The van der Waals surface area contributed by atoms with Crippen molar-refractivity contribution in [3.63, 3.8) is 0 Å². The van der Waals surface area contributed by atoms with E-state index in [4.69, 9.17) is 0 Å². The molecule has 17 heavy (non-hydrogen) atoms. The fourth-order valence-electron chi connectivity index (χ4n) is 1.71. The van der Waals surface area contributed by atoms with Crippen LogP contribution in [0.2, 0.25) is 0 Å². The molecule has 0 aromatic carbocycles. The fraction of sp³-hybridized carbons (Fsp3) is 0.417. The van der Waals surface area contributed by atoms with Crippen LogP contribution in [0.4, 0.5) is 5.13 Å². The van der Waals surface area contributed by atoms with Gasteiger partial charge in [0.1, 0.15) is 5.69 Å². The summed E-state index contributed by atoms with van der Waals surface area (Å²) in [6.07, 6.45) is 5.24. The van der Waals surface area contributed by atoms with Gasteiger partial charge in [-0.25, -0.2) is 0 Å². The lowest BCUT2D eigenvalue weighted by Gasteiger charge is -2.01. The molecular formula is C12H14N4S. The normalized spacial score (nSPS) is 14.9. The van der Waals surface area contributed by atoms with Gasteiger partial charge < -0.3 is 5.32 Å². The topological polar surface area (TPSA) is 50.7 Å². The van der Waals surface area contributed by atoms with E-state index in [0.717, 1.165) is 23.1 Å². The molecule has 3 rings (SSSR count). The van der Waals surface area contributed by atoms with Gasteiger partial charge in [-0.05, 0) is 30.9 Å². The highest BCUT2D eigenvalue weighted by molar-refractivity contribution is 7.09. The summed E-state index contributed by atoms with van der Waals surface area (Å²) in [7, 11) is 0. The molecule has 88 valence electrons. The largest absolute Gasteiger partial charge is 0.358 e. The molecule has 0 bridgehead atoms. The Labute approximate surface area is 104 Å². The maximum Gasteiger partial charge on any atom is 0.203 e. The van der Waals surface area contributed by atoms with Crippen molar-refractivity contribution in [3.05, 3.63) is 23.9 Å². The predicted molar refractivity (Wildman–Crippen MR) is 69.2 cm³/mol. The maximum atomic E-state index is 4.50. The monoisotopic (exact) mass is 246 g/mol. The van der Waals surface area contributed by atoms with Crippen LogP contribution in [0.15, 0.2) is 18.3 Å². The minimum atomic E-state index is 0.616. The third-order valence-electron chi connectivity index (χ3n) is 2.81. The Bertz CT molecular complexity index is 519. The van der Waals surface area contributed by atoms with Gasteiger partial charge in [0, 0.05) is 23.8 Å². The van der Waals surface area contributed by atoms with E-state index in [1.54, 1.807) is 6.20 Å². The van der Waals surface area contributed by atoms with Crippen molar-refractivity contribution in [2.45, 2.75) is 32.2 Å². The molecule has 5 heteroatoms. The lowest BCUT2D eigenvalue weighted by atomic mass is 10.1. The smallest absolute Gasteiger partial charge is 0.203 e. The number of aromatic nitrogens is 3. The van der Waals surface area contributed by atoms with Gasteiger partial charge in [0.25, 0.3) is 0 Å². The molecule has 0 amide bonds. The molecule has 1 aliphatic rings. The first-order valence-electron chi connectivity index (χ1n) is 5.91. The number of rotatable bonds is 4. The third kappa shape index (κ3) is 2.29. The SMILES string of the molecule is CCc1cccnc1-c1nsc(NC2CC2)n1. The van der Waals surface area contributed by atoms with Crippen molar-refractivity contribution in [3.8, 4) is 11.5 Å². The minimum Gasteiger partial charge on any atom is -0.358 e. The molecule has 4 nitrogen and oxygen atoms in total. The molecule has 0 saturated heterocycles. The number of aryl methyl sites for hydroxylation is 1. The lowest BCUT2D eigenvalue weighted by molar-refractivity contribution is 1.08. The molecule has 0 atom stereocenters. The zero-order valence-corrected chi connectivity index (χ0v) is 10.5. The summed E-state index contributed by atoms with van der Waals surface area (Å²) in [5.74, 6) is 0.746. The summed E-state index contributed by atoms with van der Waals surface area (Å²) < 4.78 is 4.38. The van der Waals surface area contributed by atoms with Gasteiger partial charge in [-0.2, -0.15) is 9.36 Å². The molecule has 0 unspecified atom stereocenters. The molecule has 2 aromatic rings. The molecule has 2 heterocycles. The van der Waals surface area contributed by atoms with Crippen molar-refractivity contribution in [2.24, 2.45) is 0 Å². The molecule has 2 aromatic heterocycles. The van der Waals surface area contributed by atoms with Crippen LogP contribution in [0.25, 0.3) is 11.5 Å². The first-order valence-corrected chi connectivity index (χ1v) is 6.68. The Morgan fingerprint density at radius 3 is 3.12 bits per heavy atom. The summed E-state index contributed by atoms with van der Waals surface area (Å²) in [4.78, 5) is 8.88. The number of hydrogen-bond acceptors (Lipinski definition) is 5. The fourth-order valence-corrected chi connectivity index (χ4v) is 2.35. The van der Waals surface area contributed by atoms with Crippen LogP contribution in [0.5, 0.6) is 0 Å². The van der Waals surface area contributed by atoms with Crippen LogP contribution < -0.4 is 5.32 Å². The summed E-state index contributed by atoms with van der Waals surface area (Å²) in [6, 6.07) is 4.65. The Kier molecular flexibility index (Phi) is 2.76. The Morgan fingerprint density at radius 2 is 2.35 bits per heavy atom. The van der Waals surface area contributed by atoms with Gasteiger partial charge in [0.2, 0.25) is 5.13 Å². The second-order valence-electron chi connectivity index (χ2n) is 4.21. The highest BCUT2D eigenvalue weighted by Crippen LogP contribution is 2.28. The highest BCUT2D eigenvalue weighted by atomic mass is 32.1. The average molecular weight is 246 g/mol. The average Bonchev–Trinajstić information content (AvgIpc) is 3.05. The molecule has 0 spiro atoms. The summed E-state index contributed by atoms with van der Waals surface area (Å²) in [5.41, 5.74) is 2.11. The standard InChI is InChI=1S/C12H14N4S/c1-2-8-4-3-7-13-10(8)11-15-12(17-16-11)14-9-5-6-9/h3-4,7,9H,2,5-6H2,1H3,(H,14,15,16). The first kappa shape index (κ1) is 10.7. The minimum absolute atomic E-state index is 0.616. The van der Waals surface area contributed by atoms with Crippen molar-refractivity contribution in [2.75, 3.05) is 5.32 Å². The summed E-state index contributed by atoms with van der Waals surface area (Å²) in [6.45, 7) is 2.12. The van der Waals surface area contributed by atoms with E-state index < -0.39 is 0 Å². The van der Waals surface area contributed by atoms with Crippen molar-refractivity contribution in [1.29, 1.82) is 0 Å². The Balaban J connectivity index is 1.88. The predicted octanol–water partition coefficient (Wildman–Crippen LogP) is 2.74. The summed E-state index contributed by atoms with van der Waals surface area (Å²) >= 11 is 1.42. The van der Waals surface area contributed by atoms with E-state index in [1.165, 1.54) is 29.9 Å². The number of hydrogen-bond donors (Lipinski definition) is 1. The molecule has 1 saturated carbocycles. The van der Waals surface area contributed by atoms with Crippen LogP contribution in [0.3, 0.4) is 0 Å². The molecule has 0 aliphatic heterocycles. The van der Waals surface area contributed by atoms with E-state index in [2.05, 4.69) is 32.6 Å². The van der Waals surface area contributed by atoms with E-state index in [1.807, 2.05) is 6.07 Å². The zero-order valence-electron chi connectivity index (χ0n) is 9.68. The first-order chi connectivity index (χ1) is 8.36.